The molecule has 19 heavy (non-hydrogen) atoms. The summed E-state index contributed by atoms with van der Waals surface area (Å²) in [6.07, 6.45) is 3.60. The zero-order valence-electron chi connectivity index (χ0n) is 11.2. The third kappa shape index (κ3) is 3.13. The van der Waals surface area contributed by atoms with Crippen molar-refractivity contribution in [1.29, 1.82) is 0 Å². The van der Waals surface area contributed by atoms with Crippen molar-refractivity contribution in [2.24, 2.45) is 11.8 Å². The maximum absolute atomic E-state index is 11.8. The molecule has 0 aromatic carbocycles. The molecule has 0 radical (unpaired) electrons. The molecule has 2 heterocycles. The second kappa shape index (κ2) is 5.42. The van der Waals surface area contributed by atoms with Gasteiger partial charge in [0.15, 0.2) is 0 Å². The molecule has 1 amide bonds. The van der Waals surface area contributed by atoms with Gasteiger partial charge >= 0.3 is 5.97 Å². The maximum atomic E-state index is 11.8. The van der Waals surface area contributed by atoms with Crippen molar-refractivity contribution >= 4 is 11.9 Å². The van der Waals surface area contributed by atoms with Crippen molar-refractivity contribution < 1.29 is 14.7 Å². The molecule has 1 atom stereocenters. The number of carbonyl (C=O) groups is 2. The van der Waals surface area contributed by atoms with Crippen LogP contribution in [0.25, 0.3) is 0 Å². The number of carboxylic acid groups (broad SMARTS) is 1. The van der Waals surface area contributed by atoms with Crippen LogP contribution in [-0.4, -0.2) is 38.0 Å². The lowest BCUT2D eigenvalue weighted by Crippen LogP contribution is -2.27. The summed E-state index contributed by atoms with van der Waals surface area (Å²) < 4.78 is 2.02. The number of hydrogen-bond donors (Lipinski definition) is 1. The van der Waals surface area contributed by atoms with Gasteiger partial charge in [-0.25, -0.2) is 4.98 Å². The number of carboxylic acids is 1. The van der Waals surface area contributed by atoms with Crippen LogP contribution in [0.5, 0.6) is 0 Å². The van der Waals surface area contributed by atoms with Gasteiger partial charge in [0.05, 0.1) is 24.5 Å². The Bertz CT molecular complexity index is 481. The van der Waals surface area contributed by atoms with E-state index < -0.39 is 11.9 Å². The molecule has 1 aliphatic rings. The first-order valence-corrected chi connectivity index (χ1v) is 6.47. The summed E-state index contributed by atoms with van der Waals surface area (Å²) in [6.45, 7) is 5.81. The molecule has 1 N–H and O–H groups in total. The molecule has 1 unspecified atom stereocenters. The van der Waals surface area contributed by atoms with Crippen molar-refractivity contribution in [2.75, 3.05) is 6.54 Å². The van der Waals surface area contributed by atoms with Gasteiger partial charge in [-0.3, -0.25) is 9.59 Å². The molecule has 1 aromatic rings. The van der Waals surface area contributed by atoms with E-state index in [9.17, 15) is 9.59 Å². The highest BCUT2D eigenvalue weighted by Gasteiger charge is 2.34. The molecular weight excluding hydrogens is 246 g/mol. The molecule has 6 heteroatoms. The number of hydrogen-bond acceptors (Lipinski definition) is 3. The van der Waals surface area contributed by atoms with Gasteiger partial charge in [-0.2, -0.15) is 0 Å². The molecule has 2 rings (SSSR count). The lowest BCUT2D eigenvalue weighted by atomic mass is 10.1. The Labute approximate surface area is 112 Å². The first-order chi connectivity index (χ1) is 8.97. The molecule has 0 bridgehead atoms. The van der Waals surface area contributed by atoms with Crippen LogP contribution >= 0.6 is 0 Å². The summed E-state index contributed by atoms with van der Waals surface area (Å²) in [7, 11) is 0. The molecule has 1 aromatic heterocycles. The summed E-state index contributed by atoms with van der Waals surface area (Å²) in [6, 6.07) is 0. The van der Waals surface area contributed by atoms with Gasteiger partial charge in [-0.05, 0) is 5.92 Å². The second-order valence-electron chi connectivity index (χ2n) is 5.44. The van der Waals surface area contributed by atoms with Gasteiger partial charge in [0.2, 0.25) is 5.91 Å². The van der Waals surface area contributed by atoms with E-state index in [0.717, 1.165) is 12.2 Å². The minimum atomic E-state index is -0.897. The molecule has 6 nitrogen and oxygen atoms in total. The predicted octanol–water partition coefficient (Wildman–Crippen LogP) is 0.972. The maximum Gasteiger partial charge on any atom is 0.308 e. The van der Waals surface area contributed by atoms with Gasteiger partial charge in [-0.15, -0.1) is 0 Å². The highest BCUT2D eigenvalue weighted by atomic mass is 16.4. The number of nitrogens with zero attached hydrogens (tertiary/aromatic N) is 3. The molecule has 0 saturated carbocycles. The van der Waals surface area contributed by atoms with E-state index in [4.69, 9.17) is 5.11 Å². The lowest BCUT2D eigenvalue weighted by Gasteiger charge is -2.18. The molecular formula is C13H19N3O3. The number of imidazole rings is 1. The summed E-state index contributed by atoms with van der Waals surface area (Å²) in [4.78, 5) is 28.4. The van der Waals surface area contributed by atoms with E-state index in [2.05, 4.69) is 18.8 Å². The molecule has 1 saturated heterocycles. The van der Waals surface area contributed by atoms with E-state index in [1.807, 2.05) is 4.57 Å². The Balaban J connectivity index is 2.04. The number of amides is 1. The minimum Gasteiger partial charge on any atom is -0.481 e. The number of likely N-dealkylation sites (tertiary alicyclic amines) is 1. The average molecular weight is 265 g/mol. The van der Waals surface area contributed by atoms with Crippen LogP contribution in [0.3, 0.4) is 0 Å². The number of aromatic nitrogens is 2. The topological polar surface area (TPSA) is 75.4 Å². The van der Waals surface area contributed by atoms with Crippen molar-refractivity contribution in [3.63, 3.8) is 0 Å². The zero-order valence-corrected chi connectivity index (χ0v) is 11.2. The van der Waals surface area contributed by atoms with Gasteiger partial charge in [0, 0.05) is 25.7 Å². The van der Waals surface area contributed by atoms with E-state index in [1.54, 1.807) is 17.4 Å². The summed E-state index contributed by atoms with van der Waals surface area (Å²) in [5, 5.41) is 8.95. The van der Waals surface area contributed by atoms with E-state index in [-0.39, 0.29) is 12.3 Å². The number of rotatable bonds is 5. The van der Waals surface area contributed by atoms with Crippen molar-refractivity contribution in [3.8, 4) is 0 Å². The van der Waals surface area contributed by atoms with Crippen LogP contribution in [0.15, 0.2) is 12.5 Å². The third-order valence-electron chi connectivity index (χ3n) is 3.28. The SMILES string of the molecule is CC(C)Cn1cncc1CN1CC(C(=O)O)CC1=O. The van der Waals surface area contributed by atoms with Gasteiger partial charge in [0.25, 0.3) is 0 Å². The van der Waals surface area contributed by atoms with Crippen molar-refractivity contribution in [2.45, 2.75) is 33.4 Å². The third-order valence-corrected chi connectivity index (χ3v) is 3.28. The lowest BCUT2D eigenvalue weighted by molar-refractivity contribution is -0.141. The monoisotopic (exact) mass is 265 g/mol. The summed E-state index contributed by atoms with van der Waals surface area (Å²) in [5.41, 5.74) is 0.952. The summed E-state index contributed by atoms with van der Waals surface area (Å²) in [5.74, 6) is -1.07. The fraction of sp³-hybridized carbons (Fsp3) is 0.615. The van der Waals surface area contributed by atoms with Crippen LogP contribution in [0.4, 0.5) is 0 Å². The standard InChI is InChI=1S/C13H19N3O3/c1-9(2)5-16-8-14-4-11(16)7-15-6-10(13(18)19)3-12(15)17/h4,8-10H,3,5-7H2,1-2H3,(H,18,19). The molecule has 104 valence electrons. The number of aliphatic carboxylic acids is 1. The Morgan fingerprint density at radius 2 is 2.32 bits per heavy atom. The Morgan fingerprint density at radius 3 is 2.89 bits per heavy atom. The second-order valence-corrected chi connectivity index (χ2v) is 5.44. The fourth-order valence-corrected chi connectivity index (χ4v) is 2.32. The largest absolute Gasteiger partial charge is 0.481 e. The van der Waals surface area contributed by atoms with Gasteiger partial charge in [-0.1, -0.05) is 13.8 Å². The van der Waals surface area contributed by atoms with E-state index >= 15 is 0 Å². The minimum absolute atomic E-state index is 0.0929. The fourth-order valence-electron chi connectivity index (χ4n) is 2.32. The van der Waals surface area contributed by atoms with Crippen molar-refractivity contribution in [3.05, 3.63) is 18.2 Å². The first-order valence-electron chi connectivity index (χ1n) is 6.47. The zero-order chi connectivity index (χ0) is 14.0. The molecule has 0 spiro atoms. The quantitative estimate of drug-likeness (QED) is 0.860. The van der Waals surface area contributed by atoms with E-state index in [0.29, 0.717) is 19.0 Å². The van der Waals surface area contributed by atoms with Gasteiger partial charge < -0.3 is 14.6 Å². The van der Waals surface area contributed by atoms with Crippen LogP contribution in [0, 0.1) is 11.8 Å². The van der Waals surface area contributed by atoms with E-state index in [1.165, 1.54) is 0 Å². The molecule has 0 aliphatic carbocycles. The molecule has 1 aliphatic heterocycles. The highest BCUT2D eigenvalue weighted by Crippen LogP contribution is 2.20. The smallest absolute Gasteiger partial charge is 0.308 e. The normalized spacial score (nSPS) is 19.4. The summed E-state index contributed by atoms with van der Waals surface area (Å²) >= 11 is 0. The van der Waals surface area contributed by atoms with Crippen LogP contribution in [0.1, 0.15) is 26.0 Å². The highest BCUT2D eigenvalue weighted by molar-refractivity contribution is 5.86. The Morgan fingerprint density at radius 1 is 1.58 bits per heavy atom. The molecule has 1 fully saturated rings. The van der Waals surface area contributed by atoms with Crippen LogP contribution in [-0.2, 0) is 22.7 Å². The predicted molar refractivity (Wildman–Crippen MR) is 68.2 cm³/mol. The van der Waals surface area contributed by atoms with Gasteiger partial charge in [0.1, 0.15) is 0 Å². The van der Waals surface area contributed by atoms with Crippen LogP contribution < -0.4 is 0 Å². The Kier molecular flexibility index (Phi) is 3.87. The number of carbonyl (C=O) groups excluding carboxylic acids is 1. The average Bonchev–Trinajstić information content (AvgIpc) is 2.87. The Hall–Kier alpha value is -1.85. The van der Waals surface area contributed by atoms with Crippen LogP contribution in [0.2, 0.25) is 0 Å². The van der Waals surface area contributed by atoms with Crippen molar-refractivity contribution in [1.82, 2.24) is 14.5 Å². The first kappa shape index (κ1) is 13.6.